The Kier molecular flexibility index (Phi) is 5.26. The Bertz CT molecular complexity index is 631. The molecule has 2 rings (SSSR count). The molecule has 2 aromatic rings. The lowest BCUT2D eigenvalue weighted by Gasteiger charge is -2.13. The van der Waals surface area contributed by atoms with Gasteiger partial charge in [-0.15, -0.1) is 0 Å². The summed E-state index contributed by atoms with van der Waals surface area (Å²) in [5, 5.41) is 2.93. The van der Waals surface area contributed by atoms with E-state index in [0.29, 0.717) is 23.8 Å². The third-order valence-electron chi connectivity index (χ3n) is 3.22. The molecule has 0 fully saturated rings. The van der Waals surface area contributed by atoms with Crippen molar-refractivity contribution in [3.63, 3.8) is 0 Å². The second kappa shape index (κ2) is 7.16. The number of ether oxygens (including phenoxy) is 1. The van der Waals surface area contributed by atoms with Gasteiger partial charge >= 0.3 is 0 Å². The maximum atomic E-state index is 12.3. The normalized spacial score (nSPS) is 12.2. The van der Waals surface area contributed by atoms with Crippen molar-refractivity contribution >= 4 is 5.91 Å². The van der Waals surface area contributed by atoms with Crippen molar-refractivity contribution in [2.24, 2.45) is 5.92 Å². The van der Waals surface area contributed by atoms with E-state index >= 15 is 0 Å². The summed E-state index contributed by atoms with van der Waals surface area (Å²) < 4.78 is 11.2. The number of hydrogen-bond donors (Lipinski definition) is 1. The first-order valence-corrected chi connectivity index (χ1v) is 7.55. The van der Waals surface area contributed by atoms with Crippen molar-refractivity contribution < 1.29 is 13.9 Å². The van der Waals surface area contributed by atoms with Crippen molar-refractivity contribution in [3.05, 3.63) is 53.5 Å². The zero-order valence-corrected chi connectivity index (χ0v) is 13.6. The lowest BCUT2D eigenvalue weighted by atomic mass is 10.1. The standard InChI is InChI=1S/C18H23NO3/c1-12(2)11-21-16-7-5-6-15(10-16)18(20)19-14(4)17-9-8-13(3)22-17/h5-10,12,14H,11H2,1-4H3,(H,19,20). The van der Waals surface area contributed by atoms with E-state index in [2.05, 4.69) is 19.2 Å². The SMILES string of the molecule is Cc1ccc(C(C)NC(=O)c2cccc(OCC(C)C)c2)o1. The molecule has 0 bridgehead atoms. The zero-order valence-electron chi connectivity index (χ0n) is 13.6. The number of benzene rings is 1. The molecule has 118 valence electrons. The summed E-state index contributed by atoms with van der Waals surface area (Å²) in [6.45, 7) is 8.59. The molecule has 22 heavy (non-hydrogen) atoms. The summed E-state index contributed by atoms with van der Waals surface area (Å²) in [5.41, 5.74) is 0.580. The first-order valence-electron chi connectivity index (χ1n) is 7.55. The summed E-state index contributed by atoms with van der Waals surface area (Å²) >= 11 is 0. The number of hydrogen-bond acceptors (Lipinski definition) is 3. The Morgan fingerprint density at radius 2 is 2.00 bits per heavy atom. The van der Waals surface area contributed by atoms with E-state index in [1.165, 1.54) is 0 Å². The molecule has 0 radical (unpaired) electrons. The van der Waals surface area contributed by atoms with Crippen LogP contribution in [0.15, 0.2) is 40.8 Å². The highest BCUT2D eigenvalue weighted by atomic mass is 16.5. The molecule has 0 saturated heterocycles. The predicted octanol–water partition coefficient (Wildman–Crippen LogP) is 4.11. The third-order valence-corrected chi connectivity index (χ3v) is 3.22. The van der Waals surface area contributed by atoms with Gasteiger partial charge < -0.3 is 14.5 Å². The van der Waals surface area contributed by atoms with Gasteiger partial charge in [0.1, 0.15) is 17.3 Å². The van der Waals surface area contributed by atoms with Crippen LogP contribution in [-0.2, 0) is 0 Å². The molecular weight excluding hydrogens is 278 g/mol. The van der Waals surface area contributed by atoms with Gasteiger partial charge in [-0.1, -0.05) is 19.9 Å². The van der Waals surface area contributed by atoms with Crippen LogP contribution in [0.3, 0.4) is 0 Å². The van der Waals surface area contributed by atoms with Crippen molar-refractivity contribution in [2.75, 3.05) is 6.61 Å². The number of aryl methyl sites for hydroxylation is 1. The molecule has 0 aliphatic heterocycles. The molecule has 1 amide bonds. The van der Waals surface area contributed by atoms with E-state index in [-0.39, 0.29) is 11.9 Å². The molecule has 0 aliphatic carbocycles. The molecule has 1 atom stereocenters. The van der Waals surface area contributed by atoms with Gasteiger partial charge in [0.25, 0.3) is 5.91 Å². The lowest BCUT2D eigenvalue weighted by molar-refractivity contribution is 0.0934. The second-order valence-corrected chi connectivity index (χ2v) is 5.88. The topological polar surface area (TPSA) is 51.5 Å². The molecule has 4 nitrogen and oxygen atoms in total. The van der Waals surface area contributed by atoms with Gasteiger partial charge in [0, 0.05) is 5.56 Å². The minimum Gasteiger partial charge on any atom is -0.493 e. The van der Waals surface area contributed by atoms with E-state index in [9.17, 15) is 4.79 Å². The van der Waals surface area contributed by atoms with E-state index in [4.69, 9.17) is 9.15 Å². The molecule has 1 aromatic heterocycles. The summed E-state index contributed by atoms with van der Waals surface area (Å²) in [4.78, 5) is 12.3. The molecule has 1 aromatic carbocycles. The van der Waals surface area contributed by atoms with Crippen LogP contribution in [0, 0.1) is 12.8 Å². The Labute approximate surface area is 131 Å². The molecule has 1 unspecified atom stereocenters. The van der Waals surface area contributed by atoms with Crippen LogP contribution in [0.2, 0.25) is 0 Å². The van der Waals surface area contributed by atoms with Crippen molar-refractivity contribution in [1.82, 2.24) is 5.32 Å². The Morgan fingerprint density at radius 3 is 2.64 bits per heavy atom. The fourth-order valence-corrected chi connectivity index (χ4v) is 2.03. The first-order chi connectivity index (χ1) is 10.5. The number of carbonyl (C=O) groups excluding carboxylic acids is 1. The van der Waals surface area contributed by atoms with E-state index < -0.39 is 0 Å². The smallest absolute Gasteiger partial charge is 0.251 e. The minimum absolute atomic E-state index is 0.142. The molecule has 0 aliphatic rings. The molecule has 0 saturated carbocycles. The number of carbonyl (C=O) groups is 1. The second-order valence-electron chi connectivity index (χ2n) is 5.88. The summed E-state index contributed by atoms with van der Waals surface area (Å²) in [5.74, 6) is 2.59. The van der Waals surface area contributed by atoms with Gasteiger partial charge in [-0.05, 0) is 50.1 Å². The molecular formula is C18H23NO3. The Balaban J connectivity index is 2.01. The van der Waals surface area contributed by atoms with Gasteiger partial charge in [0.05, 0.1) is 12.6 Å². The van der Waals surface area contributed by atoms with Gasteiger partial charge in [0.2, 0.25) is 0 Å². The third kappa shape index (κ3) is 4.38. The van der Waals surface area contributed by atoms with E-state index in [0.717, 1.165) is 11.5 Å². The maximum Gasteiger partial charge on any atom is 0.251 e. The number of furan rings is 1. The highest BCUT2D eigenvalue weighted by Gasteiger charge is 2.14. The van der Waals surface area contributed by atoms with Gasteiger partial charge in [0.15, 0.2) is 0 Å². The van der Waals surface area contributed by atoms with Crippen LogP contribution in [0.25, 0.3) is 0 Å². The van der Waals surface area contributed by atoms with Crippen LogP contribution in [-0.4, -0.2) is 12.5 Å². The van der Waals surface area contributed by atoms with E-state index in [1.807, 2.05) is 38.1 Å². The van der Waals surface area contributed by atoms with Gasteiger partial charge in [-0.25, -0.2) is 0 Å². The lowest BCUT2D eigenvalue weighted by Crippen LogP contribution is -2.26. The maximum absolute atomic E-state index is 12.3. The van der Waals surface area contributed by atoms with Crippen molar-refractivity contribution in [2.45, 2.75) is 33.7 Å². The van der Waals surface area contributed by atoms with Crippen LogP contribution in [0.4, 0.5) is 0 Å². The highest BCUT2D eigenvalue weighted by molar-refractivity contribution is 5.94. The predicted molar refractivity (Wildman–Crippen MR) is 86.1 cm³/mol. The monoisotopic (exact) mass is 301 g/mol. The Morgan fingerprint density at radius 1 is 1.23 bits per heavy atom. The fraction of sp³-hybridized carbons (Fsp3) is 0.389. The number of nitrogens with one attached hydrogen (secondary N) is 1. The fourth-order valence-electron chi connectivity index (χ4n) is 2.03. The minimum atomic E-state index is -0.179. The van der Waals surface area contributed by atoms with Crippen LogP contribution < -0.4 is 10.1 Å². The average molecular weight is 301 g/mol. The molecule has 0 spiro atoms. The van der Waals surface area contributed by atoms with Crippen LogP contribution in [0.5, 0.6) is 5.75 Å². The van der Waals surface area contributed by atoms with Crippen molar-refractivity contribution in [1.29, 1.82) is 0 Å². The molecule has 4 heteroatoms. The summed E-state index contributed by atoms with van der Waals surface area (Å²) in [7, 11) is 0. The van der Waals surface area contributed by atoms with Crippen LogP contribution >= 0.6 is 0 Å². The van der Waals surface area contributed by atoms with Gasteiger partial charge in [-0.2, -0.15) is 0 Å². The average Bonchev–Trinajstić information content (AvgIpc) is 2.92. The molecule has 1 N–H and O–H groups in total. The summed E-state index contributed by atoms with van der Waals surface area (Å²) in [6.07, 6.45) is 0. The Hall–Kier alpha value is -2.23. The van der Waals surface area contributed by atoms with Gasteiger partial charge in [-0.3, -0.25) is 4.79 Å². The first kappa shape index (κ1) is 16.1. The molecule has 1 heterocycles. The van der Waals surface area contributed by atoms with Crippen molar-refractivity contribution in [3.8, 4) is 5.75 Å². The zero-order chi connectivity index (χ0) is 16.1. The quantitative estimate of drug-likeness (QED) is 0.873. The highest BCUT2D eigenvalue weighted by Crippen LogP contribution is 2.18. The van der Waals surface area contributed by atoms with Crippen LogP contribution in [0.1, 0.15) is 48.7 Å². The largest absolute Gasteiger partial charge is 0.493 e. The number of amides is 1. The van der Waals surface area contributed by atoms with E-state index in [1.54, 1.807) is 12.1 Å². The number of rotatable bonds is 6. The summed E-state index contributed by atoms with van der Waals surface area (Å²) in [6, 6.07) is 10.8.